The van der Waals surface area contributed by atoms with E-state index in [1.165, 1.54) is 11.8 Å². The van der Waals surface area contributed by atoms with Crippen LogP contribution in [0.25, 0.3) is 11.1 Å². The summed E-state index contributed by atoms with van der Waals surface area (Å²) < 4.78 is 7.47. The van der Waals surface area contributed by atoms with Crippen LogP contribution in [-0.4, -0.2) is 21.3 Å². The predicted molar refractivity (Wildman–Crippen MR) is 74.9 cm³/mol. The number of benzene rings is 1. The van der Waals surface area contributed by atoms with Crippen molar-refractivity contribution < 1.29 is 4.42 Å². The highest BCUT2D eigenvalue weighted by atomic mass is 32.2. The molecule has 0 aliphatic rings. The van der Waals surface area contributed by atoms with Crippen molar-refractivity contribution in [3.05, 3.63) is 42.2 Å². The van der Waals surface area contributed by atoms with Gasteiger partial charge in [0, 0.05) is 25.4 Å². The SMILES string of the molecule is Cn1cc(C(CN)Sc2nc3ccccc3o2)cn1. The lowest BCUT2D eigenvalue weighted by atomic mass is 10.2. The van der Waals surface area contributed by atoms with E-state index in [2.05, 4.69) is 10.1 Å². The number of oxazole rings is 1. The van der Waals surface area contributed by atoms with Gasteiger partial charge in [-0.2, -0.15) is 5.10 Å². The highest BCUT2D eigenvalue weighted by Crippen LogP contribution is 2.35. The Bertz CT molecular complexity index is 658. The summed E-state index contributed by atoms with van der Waals surface area (Å²) in [5, 5.41) is 4.90. The van der Waals surface area contributed by atoms with E-state index in [4.69, 9.17) is 10.2 Å². The molecule has 0 bridgehead atoms. The number of nitrogens with zero attached hydrogens (tertiary/aromatic N) is 3. The Balaban J connectivity index is 1.86. The van der Waals surface area contributed by atoms with Crippen LogP contribution in [-0.2, 0) is 7.05 Å². The Kier molecular flexibility index (Phi) is 3.27. The molecule has 1 aromatic carbocycles. The number of rotatable bonds is 4. The van der Waals surface area contributed by atoms with Crippen LogP contribution in [0.15, 0.2) is 46.3 Å². The molecule has 2 heterocycles. The van der Waals surface area contributed by atoms with Crippen LogP contribution in [0, 0.1) is 0 Å². The van der Waals surface area contributed by atoms with Crippen molar-refractivity contribution in [1.82, 2.24) is 14.8 Å². The predicted octanol–water partition coefficient (Wildman–Crippen LogP) is 2.35. The van der Waals surface area contributed by atoms with E-state index in [-0.39, 0.29) is 5.25 Å². The molecule has 98 valence electrons. The number of nitrogens with two attached hydrogens (primary N) is 1. The number of aromatic nitrogens is 3. The zero-order chi connectivity index (χ0) is 13.2. The Labute approximate surface area is 114 Å². The Morgan fingerprint density at radius 1 is 1.42 bits per heavy atom. The molecule has 0 saturated heterocycles. The van der Waals surface area contributed by atoms with Crippen LogP contribution in [0.3, 0.4) is 0 Å². The zero-order valence-electron chi connectivity index (χ0n) is 10.5. The van der Waals surface area contributed by atoms with Crippen molar-refractivity contribution in [2.45, 2.75) is 10.5 Å². The summed E-state index contributed by atoms with van der Waals surface area (Å²) in [6, 6.07) is 7.72. The van der Waals surface area contributed by atoms with Crippen molar-refractivity contribution in [2.75, 3.05) is 6.54 Å². The van der Waals surface area contributed by atoms with Crippen molar-refractivity contribution in [2.24, 2.45) is 12.8 Å². The summed E-state index contributed by atoms with van der Waals surface area (Å²) in [6.07, 6.45) is 3.79. The minimum Gasteiger partial charge on any atom is -0.431 e. The van der Waals surface area contributed by atoms with Crippen LogP contribution in [0.4, 0.5) is 0 Å². The molecule has 6 heteroatoms. The van der Waals surface area contributed by atoms with Crippen molar-refractivity contribution in [1.29, 1.82) is 0 Å². The number of aryl methyl sites for hydroxylation is 1. The summed E-state index contributed by atoms with van der Waals surface area (Å²) >= 11 is 1.52. The molecular formula is C13H14N4OS. The second kappa shape index (κ2) is 5.07. The van der Waals surface area contributed by atoms with Gasteiger partial charge in [0.2, 0.25) is 0 Å². The van der Waals surface area contributed by atoms with Gasteiger partial charge < -0.3 is 10.2 Å². The van der Waals surface area contributed by atoms with Gasteiger partial charge >= 0.3 is 0 Å². The molecular weight excluding hydrogens is 260 g/mol. The highest BCUT2D eigenvalue weighted by Gasteiger charge is 2.17. The smallest absolute Gasteiger partial charge is 0.257 e. The van der Waals surface area contributed by atoms with Crippen LogP contribution >= 0.6 is 11.8 Å². The second-order valence-electron chi connectivity index (χ2n) is 4.24. The Hall–Kier alpha value is -1.79. The molecule has 5 nitrogen and oxygen atoms in total. The van der Waals surface area contributed by atoms with Gasteiger partial charge in [0.05, 0.1) is 11.4 Å². The lowest BCUT2D eigenvalue weighted by molar-refractivity contribution is 0.488. The fraction of sp³-hybridized carbons (Fsp3) is 0.231. The lowest BCUT2D eigenvalue weighted by Gasteiger charge is -2.08. The molecule has 0 aliphatic heterocycles. The third-order valence-electron chi connectivity index (χ3n) is 2.83. The number of thioether (sulfide) groups is 1. The maximum Gasteiger partial charge on any atom is 0.257 e. The minimum absolute atomic E-state index is 0.0989. The van der Waals surface area contributed by atoms with Gasteiger partial charge in [-0.05, 0) is 12.1 Å². The van der Waals surface area contributed by atoms with Crippen molar-refractivity contribution >= 4 is 22.9 Å². The van der Waals surface area contributed by atoms with Gasteiger partial charge in [0.15, 0.2) is 5.58 Å². The number of fused-ring (bicyclic) bond motifs is 1. The molecule has 2 N–H and O–H groups in total. The Morgan fingerprint density at radius 3 is 2.95 bits per heavy atom. The minimum atomic E-state index is 0.0989. The quantitative estimate of drug-likeness (QED) is 0.739. The molecule has 3 rings (SSSR count). The molecule has 3 aromatic rings. The van der Waals surface area contributed by atoms with E-state index in [1.54, 1.807) is 4.68 Å². The summed E-state index contributed by atoms with van der Waals surface area (Å²) in [4.78, 5) is 4.45. The van der Waals surface area contributed by atoms with Gasteiger partial charge in [-0.1, -0.05) is 23.9 Å². The third kappa shape index (κ3) is 2.50. The molecule has 0 saturated carbocycles. The van der Waals surface area contributed by atoms with Gasteiger partial charge in [-0.15, -0.1) is 0 Å². The summed E-state index contributed by atoms with van der Waals surface area (Å²) in [6.45, 7) is 0.509. The molecule has 1 atom stereocenters. The van der Waals surface area contributed by atoms with Crippen molar-refractivity contribution in [3.8, 4) is 0 Å². The largest absolute Gasteiger partial charge is 0.431 e. The van der Waals surface area contributed by atoms with E-state index in [0.29, 0.717) is 11.8 Å². The van der Waals surface area contributed by atoms with Crippen LogP contribution in [0.1, 0.15) is 10.8 Å². The molecule has 0 aliphatic carbocycles. The van der Waals surface area contributed by atoms with E-state index in [9.17, 15) is 0 Å². The molecule has 2 aromatic heterocycles. The zero-order valence-corrected chi connectivity index (χ0v) is 11.3. The highest BCUT2D eigenvalue weighted by molar-refractivity contribution is 7.99. The number of hydrogen-bond acceptors (Lipinski definition) is 5. The standard InChI is InChI=1S/C13H14N4OS/c1-17-8-9(7-15-17)12(6-14)19-13-16-10-4-2-3-5-11(10)18-13/h2-5,7-8,12H,6,14H2,1H3. The molecule has 0 spiro atoms. The first-order valence-electron chi connectivity index (χ1n) is 5.97. The molecule has 0 fully saturated rings. The van der Waals surface area contributed by atoms with Crippen LogP contribution in [0.2, 0.25) is 0 Å². The van der Waals surface area contributed by atoms with E-state index in [1.807, 2.05) is 43.7 Å². The van der Waals surface area contributed by atoms with Gasteiger partial charge in [0.1, 0.15) is 5.52 Å². The van der Waals surface area contributed by atoms with Crippen molar-refractivity contribution in [3.63, 3.8) is 0 Å². The summed E-state index contributed by atoms with van der Waals surface area (Å²) in [7, 11) is 1.89. The molecule has 1 unspecified atom stereocenters. The number of hydrogen-bond donors (Lipinski definition) is 1. The van der Waals surface area contributed by atoms with Gasteiger partial charge in [-0.25, -0.2) is 4.98 Å². The van der Waals surface area contributed by atoms with Gasteiger partial charge in [0.25, 0.3) is 5.22 Å². The molecule has 0 amide bonds. The second-order valence-corrected chi connectivity index (χ2v) is 5.39. The normalized spacial score (nSPS) is 12.9. The van der Waals surface area contributed by atoms with E-state index < -0.39 is 0 Å². The monoisotopic (exact) mass is 274 g/mol. The molecule has 0 radical (unpaired) electrons. The average Bonchev–Trinajstić information content (AvgIpc) is 3.01. The first-order chi connectivity index (χ1) is 9.26. The number of para-hydroxylation sites is 2. The molecule has 19 heavy (non-hydrogen) atoms. The summed E-state index contributed by atoms with van der Waals surface area (Å²) in [5.74, 6) is 0. The van der Waals surface area contributed by atoms with Crippen LogP contribution < -0.4 is 5.73 Å². The first-order valence-corrected chi connectivity index (χ1v) is 6.85. The fourth-order valence-corrected chi connectivity index (χ4v) is 2.77. The average molecular weight is 274 g/mol. The van der Waals surface area contributed by atoms with E-state index >= 15 is 0 Å². The first kappa shape index (κ1) is 12.3. The van der Waals surface area contributed by atoms with Gasteiger partial charge in [-0.3, -0.25) is 4.68 Å². The van der Waals surface area contributed by atoms with E-state index in [0.717, 1.165) is 16.7 Å². The third-order valence-corrected chi connectivity index (χ3v) is 3.95. The fourth-order valence-electron chi connectivity index (χ4n) is 1.88. The lowest BCUT2D eigenvalue weighted by Crippen LogP contribution is -2.08. The summed E-state index contributed by atoms with van der Waals surface area (Å²) in [5.41, 5.74) is 8.58. The van der Waals surface area contributed by atoms with Crippen LogP contribution in [0.5, 0.6) is 0 Å². The maximum absolute atomic E-state index is 5.83. The Morgan fingerprint density at radius 2 is 2.26 bits per heavy atom. The topological polar surface area (TPSA) is 69.9 Å². The maximum atomic E-state index is 5.83.